The van der Waals surface area contributed by atoms with Crippen LogP contribution in [0.3, 0.4) is 0 Å². The van der Waals surface area contributed by atoms with Gasteiger partial charge in [-0.2, -0.15) is 0 Å². The molecule has 0 radical (unpaired) electrons. The molecular weight excluding hydrogens is 160 g/mol. The molecule has 5 heteroatoms. The van der Waals surface area contributed by atoms with Gasteiger partial charge < -0.3 is 15.5 Å². The zero-order valence-corrected chi connectivity index (χ0v) is 8.31. The van der Waals surface area contributed by atoms with Gasteiger partial charge in [0.05, 0.1) is 0 Å². The van der Waals surface area contributed by atoms with E-state index in [-0.39, 0.29) is 0 Å². The van der Waals surface area contributed by atoms with Gasteiger partial charge in [-0.25, -0.2) is 4.79 Å². The lowest BCUT2D eigenvalue weighted by molar-refractivity contribution is 0.249. The molecule has 0 unspecified atom stereocenters. The first-order valence-corrected chi connectivity index (χ1v) is 6.68. The first-order chi connectivity index (χ1) is 4.98. The standard InChI is InChI=1S/C6H16N2O2Si/c1-10-11(2,3)5-4-8-6(7)9/h4-5H2,1-3H3,(H3,7,8,9). The summed E-state index contributed by atoms with van der Waals surface area (Å²) in [4.78, 5) is 10.3. The average molecular weight is 176 g/mol. The minimum atomic E-state index is -1.51. The Morgan fingerprint density at radius 3 is 2.55 bits per heavy atom. The summed E-state index contributed by atoms with van der Waals surface area (Å²) in [6.07, 6.45) is 0. The molecule has 0 aromatic heterocycles. The van der Waals surface area contributed by atoms with Crippen LogP contribution in [0.5, 0.6) is 0 Å². The molecule has 0 aliphatic rings. The summed E-state index contributed by atoms with van der Waals surface area (Å²) in [6.45, 7) is 4.80. The van der Waals surface area contributed by atoms with Crippen LogP contribution in [0, 0.1) is 0 Å². The second kappa shape index (κ2) is 4.35. The maximum absolute atomic E-state index is 10.3. The van der Waals surface area contributed by atoms with Crippen molar-refractivity contribution >= 4 is 14.3 Å². The van der Waals surface area contributed by atoms with E-state index in [0.29, 0.717) is 6.54 Å². The van der Waals surface area contributed by atoms with Gasteiger partial charge in [0.25, 0.3) is 0 Å². The third-order valence-electron chi connectivity index (χ3n) is 1.58. The van der Waals surface area contributed by atoms with E-state index in [2.05, 4.69) is 18.4 Å². The Kier molecular flexibility index (Phi) is 4.13. The minimum Gasteiger partial charge on any atom is -0.420 e. The van der Waals surface area contributed by atoms with Crippen molar-refractivity contribution in [2.24, 2.45) is 5.73 Å². The highest BCUT2D eigenvalue weighted by atomic mass is 28.4. The topological polar surface area (TPSA) is 64.3 Å². The molecule has 0 saturated heterocycles. The molecule has 0 rings (SSSR count). The Labute approximate surface area is 68.2 Å². The number of hydrogen-bond donors (Lipinski definition) is 2. The highest BCUT2D eigenvalue weighted by molar-refractivity contribution is 6.71. The van der Waals surface area contributed by atoms with Crippen LogP contribution in [-0.4, -0.2) is 28.0 Å². The fraction of sp³-hybridized carbons (Fsp3) is 0.833. The van der Waals surface area contributed by atoms with Gasteiger partial charge >= 0.3 is 6.03 Å². The number of hydrogen-bond acceptors (Lipinski definition) is 2. The first kappa shape index (κ1) is 10.4. The zero-order valence-electron chi connectivity index (χ0n) is 7.31. The van der Waals surface area contributed by atoms with Gasteiger partial charge in [0.2, 0.25) is 0 Å². The molecule has 0 heterocycles. The second-order valence-corrected chi connectivity index (χ2v) is 7.43. The van der Waals surface area contributed by atoms with Crippen molar-refractivity contribution < 1.29 is 9.22 Å². The normalized spacial score (nSPS) is 11.2. The number of nitrogens with two attached hydrogens (primary N) is 1. The van der Waals surface area contributed by atoms with Gasteiger partial charge in [-0.1, -0.05) is 0 Å². The van der Waals surface area contributed by atoms with Crippen LogP contribution in [0.4, 0.5) is 4.79 Å². The van der Waals surface area contributed by atoms with Crippen molar-refractivity contribution in [1.82, 2.24) is 5.32 Å². The van der Waals surface area contributed by atoms with Crippen molar-refractivity contribution in [3.63, 3.8) is 0 Å². The highest BCUT2D eigenvalue weighted by Crippen LogP contribution is 2.07. The van der Waals surface area contributed by atoms with E-state index in [1.165, 1.54) is 0 Å². The molecule has 0 atom stereocenters. The summed E-state index contributed by atoms with van der Waals surface area (Å²) in [5, 5.41) is 2.53. The number of carbonyl (C=O) groups is 1. The fourth-order valence-corrected chi connectivity index (χ4v) is 1.52. The summed E-state index contributed by atoms with van der Waals surface area (Å²) < 4.78 is 5.27. The molecule has 0 bridgehead atoms. The number of urea groups is 1. The zero-order chi connectivity index (χ0) is 8.91. The third kappa shape index (κ3) is 5.87. The number of nitrogens with one attached hydrogen (secondary N) is 1. The largest absolute Gasteiger partial charge is 0.420 e. The van der Waals surface area contributed by atoms with Gasteiger partial charge in [0.15, 0.2) is 8.32 Å². The van der Waals surface area contributed by atoms with Gasteiger partial charge in [-0.15, -0.1) is 0 Å². The maximum atomic E-state index is 10.3. The molecule has 0 aromatic rings. The van der Waals surface area contributed by atoms with Crippen LogP contribution < -0.4 is 11.1 Å². The van der Waals surface area contributed by atoms with Crippen LogP contribution >= 0.6 is 0 Å². The molecule has 0 spiro atoms. The molecule has 0 saturated carbocycles. The quantitative estimate of drug-likeness (QED) is 0.613. The third-order valence-corrected chi connectivity index (χ3v) is 4.14. The van der Waals surface area contributed by atoms with Crippen LogP contribution in [0.25, 0.3) is 0 Å². The molecule has 3 N–H and O–H groups in total. The van der Waals surface area contributed by atoms with Crippen LogP contribution in [0.15, 0.2) is 0 Å². The van der Waals surface area contributed by atoms with Crippen molar-refractivity contribution in [1.29, 1.82) is 0 Å². The van der Waals surface area contributed by atoms with Crippen molar-refractivity contribution in [3.05, 3.63) is 0 Å². The van der Waals surface area contributed by atoms with Gasteiger partial charge in [0.1, 0.15) is 0 Å². The molecule has 4 nitrogen and oxygen atoms in total. The lowest BCUT2D eigenvalue weighted by Crippen LogP contribution is -2.37. The average Bonchev–Trinajstić information content (AvgIpc) is 1.87. The summed E-state index contributed by atoms with van der Waals surface area (Å²) in [5.41, 5.74) is 4.89. The van der Waals surface area contributed by atoms with Gasteiger partial charge in [0, 0.05) is 13.7 Å². The molecule has 0 fully saturated rings. The molecule has 2 amide bonds. The van der Waals surface area contributed by atoms with E-state index < -0.39 is 14.3 Å². The number of carbonyl (C=O) groups excluding carboxylic acids is 1. The Morgan fingerprint density at radius 2 is 2.18 bits per heavy atom. The molecule has 66 valence electrons. The Bertz CT molecular complexity index is 139. The molecule has 0 aliphatic heterocycles. The van der Waals surface area contributed by atoms with E-state index in [1.54, 1.807) is 7.11 Å². The van der Waals surface area contributed by atoms with Crippen LogP contribution in [-0.2, 0) is 4.43 Å². The molecule has 0 aliphatic carbocycles. The summed E-state index contributed by atoms with van der Waals surface area (Å²) in [7, 11) is 0.190. The monoisotopic (exact) mass is 176 g/mol. The van der Waals surface area contributed by atoms with E-state index in [4.69, 9.17) is 10.2 Å². The van der Waals surface area contributed by atoms with Crippen molar-refractivity contribution in [3.8, 4) is 0 Å². The number of rotatable bonds is 4. The van der Waals surface area contributed by atoms with Crippen molar-refractivity contribution in [2.75, 3.05) is 13.7 Å². The van der Waals surface area contributed by atoms with Crippen molar-refractivity contribution in [2.45, 2.75) is 19.1 Å². The smallest absolute Gasteiger partial charge is 0.312 e. The Morgan fingerprint density at radius 1 is 1.64 bits per heavy atom. The van der Waals surface area contributed by atoms with E-state index in [0.717, 1.165) is 6.04 Å². The second-order valence-electron chi connectivity index (χ2n) is 3.00. The molecular formula is C6H16N2O2Si. The van der Waals surface area contributed by atoms with Gasteiger partial charge in [-0.05, 0) is 19.1 Å². The summed E-state index contributed by atoms with van der Waals surface area (Å²) in [5.74, 6) is 0. The lowest BCUT2D eigenvalue weighted by Gasteiger charge is -2.19. The molecule has 0 aromatic carbocycles. The van der Waals surface area contributed by atoms with Crippen LogP contribution in [0.1, 0.15) is 0 Å². The highest BCUT2D eigenvalue weighted by Gasteiger charge is 2.19. The van der Waals surface area contributed by atoms with Gasteiger partial charge in [-0.3, -0.25) is 0 Å². The van der Waals surface area contributed by atoms with E-state index >= 15 is 0 Å². The first-order valence-electron chi connectivity index (χ1n) is 3.56. The Balaban J connectivity index is 3.45. The summed E-state index contributed by atoms with van der Waals surface area (Å²) >= 11 is 0. The maximum Gasteiger partial charge on any atom is 0.312 e. The van der Waals surface area contributed by atoms with E-state index in [1.807, 2.05) is 0 Å². The molecule has 11 heavy (non-hydrogen) atoms. The number of amides is 2. The Hall–Kier alpha value is -0.553. The predicted octanol–water partition coefficient (Wildman–Crippen LogP) is 0.506. The minimum absolute atomic E-state index is 0.467. The fourth-order valence-electron chi connectivity index (χ4n) is 0.589. The number of primary amides is 1. The predicted molar refractivity (Wildman–Crippen MR) is 46.9 cm³/mol. The van der Waals surface area contributed by atoms with Crippen LogP contribution in [0.2, 0.25) is 19.1 Å². The van der Waals surface area contributed by atoms with E-state index in [9.17, 15) is 4.79 Å². The lowest BCUT2D eigenvalue weighted by atomic mass is 10.7. The SMILES string of the molecule is CO[Si](C)(C)CCNC(N)=O. The summed E-state index contributed by atoms with van der Waals surface area (Å²) in [6, 6.07) is 0.429.